The number of methoxy groups -OCH3 is 1. The van der Waals surface area contributed by atoms with E-state index in [0.29, 0.717) is 38.0 Å². The zero-order valence-corrected chi connectivity index (χ0v) is 10.00. The van der Waals surface area contributed by atoms with Gasteiger partial charge in [-0.2, -0.15) is 0 Å². The summed E-state index contributed by atoms with van der Waals surface area (Å²) in [5.74, 6) is 0.730. The Labute approximate surface area is 95.5 Å². The maximum Gasteiger partial charge on any atom is 0.102 e. The first kappa shape index (κ1) is 16.2. The molecule has 82 valence electrons. The number of ether oxygens (including phenoxy) is 1. The highest BCUT2D eigenvalue weighted by atomic mass is 35.5. The van der Waals surface area contributed by atoms with Gasteiger partial charge in [0, 0.05) is 7.11 Å². The molecule has 0 aliphatic heterocycles. The molecule has 0 rings (SSSR count). The smallest absolute Gasteiger partial charge is 0.102 e. The van der Waals surface area contributed by atoms with E-state index in [0.717, 1.165) is 0 Å². The summed E-state index contributed by atoms with van der Waals surface area (Å²) >= 11 is 11.0. The van der Waals surface area contributed by atoms with Crippen molar-refractivity contribution in [3.8, 4) is 0 Å². The van der Waals surface area contributed by atoms with Gasteiger partial charge >= 0.3 is 0 Å². The van der Waals surface area contributed by atoms with Crippen molar-refractivity contribution in [1.82, 2.24) is 0 Å². The number of hydrogen-bond acceptors (Lipinski definition) is 2. The van der Waals surface area contributed by atoms with E-state index in [1.54, 1.807) is 7.11 Å². The van der Waals surface area contributed by atoms with Gasteiger partial charge in [0.25, 0.3) is 0 Å². The molecule has 0 amide bonds. The highest BCUT2D eigenvalue weighted by molar-refractivity contribution is 6.18. The van der Waals surface area contributed by atoms with Crippen LogP contribution in [0.4, 0.5) is 0 Å². The second-order valence-corrected chi connectivity index (χ2v) is 3.36. The van der Waals surface area contributed by atoms with Gasteiger partial charge in [-0.1, -0.05) is 0 Å². The maximum atomic E-state index is 11.7. The van der Waals surface area contributed by atoms with E-state index in [4.69, 9.17) is 27.9 Å². The van der Waals surface area contributed by atoms with Crippen LogP contribution >= 0.6 is 35.6 Å². The lowest BCUT2D eigenvalue weighted by molar-refractivity contribution is -0.876. The zero-order valence-electron chi connectivity index (χ0n) is 7.67. The second-order valence-electron chi connectivity index (χ2n) is 2.60. The molecule has 0 spiro atoms. The minimum atomic E-state index is -0.346. The van der Waals surface area contributed by atoms with Crippen LogP contribution in [0.15, 0.2) is 0 Å². The number of nitrogens with zero attached hydrogens (tertiary/aromatic N) is 1. The molecule has 0 aromatic rings. The van der Waals surface area contributed by atoms with Crippen LogP contribution in [0.5, 0.6) is 0 Å². The Bertz CT molecular complexity index is 110. The van der Waals surface area contributed by atoms with Crippen molar-refractivity contribution in [1.29, 1.82) is 0 Å². The van der Waals surface area contributed by atoms with Crippen LogP contribution in [0.1, 0.15) is 0 Å². The third-order valence-electron chi connectivity index (χ3n) is 1.69. The second kappa shape index (κ2) is 9.31. The molecule has 0 saturated carbocycles. The van der Waals surface area contributed by atoms with Crippen LogP contribution in [0.3, 0.4) is 0 Å². The fourth-order valence-corrected chi connectivity index (χ4v) is 1.52. The molecule has 0 heterocycles. The standard InChI is InChI=1S/C7H15Cl2NO2.ClH/c1-12-7-6-10(11,4-2-8)5-3-9;/h2-7H2,1H3;1H. The lowest BCUT2D eigenvalue weighted by atomic mass is 10.4. The average molecular weight is 253 g/mol. The number of alkyl halides is 2. The number of halogens is 3. The molecule has 0 aliphatic rings. The number of rotatable bonds is 7. The van der Waals surface area contributed by atoms with E-state index in [-0.39, 0.29) is 17.1 Å². The normalized spacial score (nSPS) is 11.1. The highest BCUT2D eigenvalue weighted by Gasteiger charge is 2.14. The molecule has 0 saturated heterocycles. The molecule has 0 fully saturated rings. The van der Waals surface area contributed by atoms with Crippen LogP contribution in [-0.2, 0) is 4.74 Å². The Hall–Kier alpha value is 0.750. The third kappa shape index (κ3) is 7.79. The van der Waals surface area contributed by atoms with Crippen molar-refractivity contribution in [2.75, 3.05) is 45.1 Å². The van der Waals surface area contributed by atoms with E-state index < -0.39 is 0 Å². The quantitative estimate of drug-likeness (QED) is 0.393. The van der Waals surface area contributed by atoms with Gasteiger partial charge in [-0.15, -0.1) is 35.6 Å². The third-order valence-corrected chi connectivity index (χ3v) is 2.03. The van der Waals surface area contributed by atoms with Gasteiger partial charge < -0.3 is 14.6 Å². The van der Waals surface area contributed by atoms with E-state index in [1.807, 2.05) is 0 Å². The SMILES string of the molecule is COCC[N+]([O-])(CCCl)CCCl.Cl. The molecule has 0 radical (unpaired) electrons. The molecule has 0 unspecified atom stereocenters. The van der Waals surface area contributed by atoms with Crippen LogP contribution < -0.4 is 0 Å². The van der Waals surface area contributed by atoms with Crippen molar-refractivity contribution in [3.63, 3.8) is 0 Å². The lowest BCUT2D eigenvalue weighted by Crippen LogP contribution is -2.47. The number of hydrogen-bond donors (Lipinski definition) is 0. The maximum absolute atomic E-state index is 11.7. The monoisotopic (exact) mass is 251 g/mol. The summed E-state index contributed by atoms with van der Waals surface area (Å²) in [6.07, 6.45) is 0. The highest BCUT2D eigenvalue weighted by Crippen LogP contribution is 2.05. The molecule has 13 heavy (non-hydrogen) atoms. The van der Waals surface area contributed by atoms with Gasteiger partial charge in [0.15, 0.2) is 0 Å². The Morgan fingerprint density at radius 3 is 1.92 bits per heavy atom. The molecule has 0 bridgehead atoms. The van der Waals surface area contributed by atoms with Gasteiger partial charge in [0.05, 0.1) is 31.5 Å². The Morgan fingerprint density at radius 2 is 1.62 bits per heavy atom. The summed E-state index contributed by atoms with van der Waals surface area (Å²) in [5.41, 5.74) is 0. The summed E-state index contributed by atoms with van der Waals surface area (Å²) in [5, 5.41) is 11.7. The van der Waals surface area contributed by atoms with Gasteiger partial charge in [-0.3, -0.25) is 0 Å². The van der Waals surface area contributed by atoms with Gasteiger partial charge in [0.1, 0.15) is 6.54 Å². The van der Waals surface area contributed by atoms with E-state index in [9.17, 15) is 5.21 Å². The van der Waals surface area contributed by atoms with Crippen molar-refractivity contribution >= 4 is 35.6 Å². The fourth-order valence-electron chi connectivity index (χ4n) is 0.901. The van der Waals surface area contributed by atoms with Crippen molar-refractivity contribution in [3.05, 3.63) is 5.21 Å². The molecule has 0 aromatic carbocycles. The average Bonchev–Trinajstić information content (AvgIpc) is 2.02. The molecule has 0 N–H and O–H groups in total. The molecule has 0 aliphatic carbocycles. The molecular formula is C7H16Cl3NO2. The summed E-state index contributed by atoms with van der Waals surface area (Å²) in [6.45, 7) is 1.68. The fraction of sp³-hybridized carbons (Fsp3) is 1.00. The van der Waals surface area contributed by atoms with Gasteiger partial charge in [0.2, 0.25) is 0 Å². The van der Waals surface area contributed by atoms with Crippen molar-refractivity contribution < 1.29 is 9.38 Å². The lowest BCUT2D eigenvalue weighted by Gasteiger charge is -2.41. The summed E-state index contributed by atoms with van der Waals surface area (Å²) in [4.78, 5) is 0. The van der Waals surface area contributed by atoms with Crippen molar-refractivity contribution in [2.24, 2.45) is 0 Å². The molecule has 0 aromatic heterocycles. The van der Waals surface area contributed by atoms with Crippen LogP contribution in [0, 0.1) is 5.21 Å². The predicted octanol–water partition coefficient (Wildman–Crippen LogP) is 1.85. The summed E-state index contributed by atoms with van der Waals surface area (Å²) in [7, 11) is 1.58. The topological polar surface area (TPSA) is 32.3 Å². The summed E-state index contributed by atoms with van der Waals surface area (Å²) < 4.78 is 4.48. The van der Waals surface area contributed by atoms with E-state index >= 15 is 0 Å². The number of quaternary nitrogens is 1. The largest absolute Gasteiger partial charge is 0.633 e. The van der Waals surface area contributed by atoms with E-state index in [1.165, 1.54) is 0 Å². The zero-order chi connectivity index (χ0) is 9.45. The molecule has 3 nitrogen and oxygen atoms in total. The Kier molecular flexibility index (Phi) is 11.6. The first-order valence-corrected chi connectivity index (χ1v) is 4.93. The Balaban J connectivity index is 0. The minimum absolute atomic E-state index is 0. The Morgan fingerprint density at radius 1 is 1.15 bits per heavy atom. The molecule has 6 heteroatoms. The molecular weight excluding hydrogens is 236 g/mol. The predicted molar refractivity (Wildman–Crippen MR) is 58.8 cm³/mol. The minimum Gasteiger partial charge on any atom is -0.633 e. The van der Waals surface area contributed by atoms with Gasteiger partial charge in [-0.25, -0.2) is 0 Å². The van der Waals surface area contributed by atoms with Crippen LogP contribution in [-0.4, -0.2) is 49.8 Å². The first-order valence-electron chi connectivity index (χ1n) is 3.86. The van der Waals surface area contributed by atoms with E-state index in [2.05, 4.69) is 0 Å². The number of hydroxylamine groups is 3. The summed E-state index contributed by atoms with van der Waals surface area (Å²) in [6, 6.07) is 0. The molecule has 0 atom stereocenters. The van der Waals surface area contributed by atoms with Crippen LogP contribution in [0.2, 0.25) is 0 Å². The van der Waals surface area contributed by atoms with Gasteiger partial charge in [-0.05, 0) is 0 Å². The van der Waals surface area contributed by atoms with Crippen molar-refractivity contribution in [2.45, 2.75) is 0 Å². The first-order chi connectivity index (χ1) is 5.68. The van der Waals surface area contributed by atoms with Crippen LogP contribution in [0.25, 0.3) is 0 Å².